The average Bonchev–Trinajstić information content (AvgIpc) is 1.87. The summed E-state index contributed by atoms with van der Waals surface area (Å²) in [4.78, 5) is 0. The number of allylic oxidation sites excluding steroid dienone is 3. The van der Waals surface area contributed by atoms with Crippen LogP contribution >= 0.6 is 22.6 Å². The number of rotatable bonds is 4. The van der Waals surface area contributed by atoms with E-state index >= 15 is 0 Å². The molecule has 0 nitrogen and oxygen atoms in total. The minimum atomic E-state index is 0.725. The molecule has 64 valence electrons. The zero-order valence-electron chi connectivity index (χ0n) is 7.60. The molecule has 1 unspecified atom stereocenters. The first-order valence-corrected chi connectivity index (χ1v) is 5.31. The third kappa shape index (κ3) is 8.11. The summed E-state index contributed by atoms with van der Waals surface area (Å²) in [5, 5.41) is 0. The van der Waals surface area contributed by atoms with Crippen molar-refractivity contribution in [2.45, 2.75) is 33.6 Å². The standard InChI is InChI=1S/C10H17I/c1-9(2)5-4-6-10(3)7-8-11/h5,7-8,10H,4,6H2,1-3H3. The van der Waals surface area contributed by atoms with Gasteiger partial charge >= 0.3 is 0 Å². The molecular formula is C10H17I. The molecule has 0 saturated carbocycles. The highest BCUT2D eigenvalue weighted by atomic mass is 127. The Morgan fingerprint density at radius 3 is 2.55 bits per heavy atom. The van der Waals surface area contributed by atoms with Crippen LogP contribution in [0.15, 0.2) is 21.8 Å². The molecule has 0 N–H and O–H groups in total. The summed E-state index contributed by atoms with van der Waals surface area (Å²) >= 11 is 2.27. The molecule has 0 rings (SSSR count). The summed E-state index contributed by atoms with van der Waals surface area (Å²) in [6, 6.07) is 0. The van der Waals surface area contributed by atoms with E-state index in [-0.39, 0.29) is 0 Å². The molecule has 0 fully saturated rings. The zero-order chi connectivity index (χ0) is 8.69. The molecule has 0 heterocycles. The van der Waals surface area contributed by atoms with Crippen LogP contribution in [0.2, 0.25) is 0 Å². The quantitative estimate of drug-likeness (QED) is 0.524. The van der Waals surface area contributed by atoms with Crippen LogP contribution in [0.3, 0.4) is 0 Å². The maximum atomic E-state index is 2.30. The fourth-order valence-corrected chi connectivity index (χ4v) is 1.56. The van der Waals surface area contributed by atoms with Crippen molar-refractivity contribution < 1.29 is 0 Å². The highest BCUT2D eigenvalue weighted by Gasteiger charge is 1.93. The smallest absolute Gasteiger partial charge is 0.0251 e. The normalized spacial score (nSPS) is 13.5. The van der Waals surface area contributed by atoms with Gasteiger partial charge in [-0.3, -0.25) is 0 Å². The lowest BCUT2D eigenvalue weighted by atomic mass is 10.1. The Balaban J connectivity index is 3.46. The van der Waals surface area contributed by atoms with E-state index in [0.717, 1.165) is 5.92 Å². The molecule has 0 spiro atoms. The maximum absolute atomic E-state index is 2.30. The Hall–Kier alpha value is 0.210. The first kappa shape index (κ1) is 11.2. The number of hydrogen-bond donors (Lipinski definition) is 0. The Morgan fingerprint density at radius 1 is 1.45 bits per heavy atom. The second kappa shape index (κ2) is 6.89. The van der Waals surface area contributed by atoms with Crippen LogP contribution in [0.5, 0.6) is 0 Å². The molecule has 0 aromatic carbocycles. The van der Waals surface area contributed by atoms with E-state index in [1.165, 1.54) is 18.4 Å². The summed E-state index contributed by atoms with van der Waals surface area (Å²) in [5.74, 6) is 0.725. The second-order valence-corrected chi connectivity index (χ2v) is 3.87. The first-order chi connectivity index (χ1) is 5.16. The predicted octanol–water partition coefficient (Wildman–Crippen LogP) is 4.32. The van der Waals surface area contributed by atoms with Gasteiger partial charge in [0, 0.05) is 0 Å². The van der Waals surface area contributed by atoms with Gasteiger partial charge < -0.3 is 0 Å². The Labute approximate surface area is 83.9 Å². The first-order valence-electron chi connectivity index (χ1n) is 4.07. The van der Waals surface area contributed by atoms with Crippen molar-refractivity contribution in [1.29, 1.82) is 0 Å². The van der Waals surface area contributed by atoms with Crippen molar-refractivity contribution in [3.63, 3.8) is 0 Å². The average molecular weight is 264 g/mol. The fraction of sp³-hybridized carbons (Fsp3) is 0.600. The van der Waals surface area contributed by atoms with Crippen LogP contribution in [-0.2, 0) is 0 Å². The molecule has 1 atom stereocenters. The molecule has 0 aromatic rings. The van der Waals surface area contributed by atoms with Crippen LogP contribution in [-0.4, -0.2) is 0 Å². The molecule has 1 heteroatoms. The highest BCUT2D eigenvalue weighted by molar-refractivity contribution is 14.1. The van der Waals surface area contributed by atoms with E-state index in [0.29, 0.717) is 0 Å². The summed E-state index contributed by atoms with van der Waals surface area (Å²) < 4.78 is 2.10. The van der Waals surface area contributed by atoms with Crippen molar-refractivity contribution >= 4 is 22.6 Å². The Kier molecular flexibility index (Phi) is 7.02. The molecular weight excluding hydrogens is 247 g/mol. The summed E-state index contributed by atoms with van der Waals surface area (Å²) in [7, 11) is 0. The minimum Gasteiger partial charge on any atom is -0.0859 e. The molecule has 0 aliphatic heterocycles. The third-order valence-corrected chi connectivity index (χ3v) is 1.99. The molecule has 0 bridgehead atoms. The van der Waals surface area contributed by atoms with Crippen LogP contribution in [0.25, 0.3) is 0 Å². The molecule has 0 amide bonds. The molecule has 0 aliphatic rings. The Bertz CT molecular complexity index is 141. The minimum absolute atomic E-state index is 0.725. The summed E-state index contributed by atoms with van der Waals surface area (Å²) in [6.07, 6.45) is 7.03. The van der Waals surface area contributed by atoms with Crippen molar-refractivity contribution in [1.82, 2.24) is 0 Å². The fourth-order valence-electron chi connectivity index (χ4n) is 0.855. The van der Waals surface area contributed by atoms with Gasteiger partial charge in [-0.05, 0) is 36.7 Å². The van der Waals surface area contributed by atoms with Crippen molar-refractivity contribution in [3.8, 4) is 0 Å². The lowest BCUT2D eigenvalue weighted by molar-refractivity contribution is 0.657. The Morgan fingerprint density at radius 2 is 2.09 bits per heavy atom. The van der Waals surface area contributed by atoms with Gasteiger partial charge in [0.2, 0.25) is 0 Å². The van der Waals surface area contributed by atoms with E-state index < -0.39 is 0 Å². The number of hydrogen-bond acceptors (Lipinski definition) is 0. The van der Waals surface area contributed by atoms with Gasteiger partial charge in [0.25, 0.3) is 0 Å². The molecule has 0 radical (unpaired) electrons. The van der Waals surface area contributed by atoms with Crippen molar-refractivity contribution in [2.24, 2.45) is 5.92 Å². The lowest BCUT2D eigenvalue weighted by Crippen LogP contribution is -1.86. The van der Waals surface area contributed by atoms with Gasteiger partial charge in [0.15, 0.2) is 0 Å². The van der Waals surface area contributed by atoms with Crippen LogP contribution < -0.4 is 0 Å². The van der Waals surface area contributed by atoms with Crippen LogP contribution in [0.1, 0.15) is 33.6 Å². The van der Waals surface area contributed by atoms with Gasteiger partial charge in [0.05, 0.1) is 0 Å². The topological polar surface area (TPSA) is 0 Å². The largest absolute Gasteiger partial charge is 0.0859 e. The third-order valence-electron chi connectivity index (χ3n) is 1.58. The van der Waals surface area contributed by atoms with Gasteiger partial charge in [-0.2, -0.15) is 0 Å². The maximum Gasteiger partial charge on any atom is -0.0251 e. The molecule has 11 heavy (non-hydrogen) atoms. The van der Waals surface area contributed by atoms with E-state index in [9.17, 15) is 0 Å². The van der Waals surface area contributed by atoms with E-state index in [1.54, 1.807) is 0 Å². The van der Waals surface area contributed by atoms with Gasteiger partial charge in [-0.1, -0.05) is 47.2 Å². The summed E-state index contributed by atoms with van der Waals surface area (Å²) in [6.45, 7) is 6.56. The van der Waals surface area contributed by atoms with Crippen LogP contribution in [0.4, 0.5) is 0 Å². The molecule has 0 aliphatic carbocycles. The van der Waals surface area contributed by atoms with Gasteiger partial charge in [0.1, 0.15) is 0 Å². The van der Waals surface area contributed by atoms with Gasteiger partial charge in [-0.25, -0.2) is 0 Å². The number of halogens is 1. The van der Waals surface area contributed by atoms with E-state index in [4.69, 9.17) is 0 Å². The van der Waals surface area contributed by atoms with Crippen LogP contribution in [0, 0.1) is 5.92 Å². The monoisotopic (exact) mass is 264 g/mol. The predicted molar refractivity (Wildman–Crippen MR) is 61.0 cm³/mol. The van der Waals surface area contributed by atoms with Crippen molar-refractivity contribution in [2.75, 3.05) is 0 Å². The van der Waals surface area contributed by atoms with Gasteiger partial charge in [-0.15, -0.1) is 0 Å². The SMILES string of the molecule is CC(C)=CCCC(C)C=CI. The van der Waals surface area contributed by atoms with E-state index in [1.807, 2.05) is 0 Å². The lowest BCUT2D eigenvalue weighted by Gasteiger charge is -2.01. The molecule has 0 aromatic heterocycles. The highest BCUT2D eigenvalue weighted by Crippen LogP contribution is 2.09. The van der Waals surface area contributed by atoms with E-state index in [2.05, 4.69) is 59.6 Å². The zero-order valence-corrected chi connectivity index (χ0v) is 9.76. The molecule has 0 saturated heterocycles. The summed E-state index contributed by atoms with van der Waals surface area (Å²) in [5.41, 5.74) is 1.43. The van der Waals surface area contributed by atoms with Crippen molar-refractivity contribution in [3.05, 3.63) is 21.8 Å². The second-order valence-electron chi connectivity index (χ2n) is 3.15.